The maximum absolute atomic E-state index is 11.3. The monoisotopic (exact) mass is 271 g/mol. The van der Waals surface area contributed by atoms with Crippen molar-refractivity contribution in [3.8, 4) is 0 Å². The molecule has 0 amide bonds. The van der Waals surface area contributed by atoms with Gasteiger partial charge in [0.25, 0.3) is 0 Å². The van der Waals surface area contributed by atoms with E-state index in [1.807, 2.05) is 30.5 Å². The molecule has 0 atom stereocenters. The lowest BCUT2D eigenvalue weighted by atomic mass is 10.1. The van der Waals surface area contributed by atoms with E-state index in [4.69, 9.17) is 0 Å². The van der Waals surface area contributed by atoms with Gasteiger partial charge in [-0.25, -0.2) is 4.79 Å². The van der Waals surface area contributed by atoms with E-state index in [9.17, 15) is 14.7 Å². The second kappa shape index (κ2) is 5.74. The standard InChI is InChI=1S/C16H17NO3/c1-3-12-8-11(2)17(15(12)10-18)9-13-6-4-5-7-14(13)16(19)20/h4-8,10H,3,9H2,1-2H3,(H,19,20). The molecule has 4 heteroatoms. The van der Waals surface area contributed by atoms with E-state index in [1.54, 1.807) is 18.2 Å². The molecule has 104 valence electrons. The molecule has 0 aliphatic carbocycles. The van der Waals surface area contributed by atoms with Crippen LogP contribution in [0.25, 0.3) is 0 Å². The summed E-state index contributed by atoms with van der Waals surface area (Å²) in [5, 5.41) is 9.21. The Balaban J connectivity index is 2.48. The molecule has 0 saturated carbocycles. The number of aromatic nitrogens is 1. The normalized spacial score (nSPS) is 10.5. The number of aldehydes is 1. The van der Waals surface area contributed by atoms with Crippen LogP contribution in [-0.2, 0) is 13.0 Å². The fourth-order valence-electron chi connectivity index (χ4n) is 2.44. The van der Waals surface area contributed by atoms with Crippen LogP contribution < -0.4 is 0 Å². The van der Waals surface area contributed by atoms with Gasteiger partial charge >= 0.3 is 5.97 Å². The van der Waals surface area contributed by atoms with Crippen LogP contribution in [0.5, 0.6) is 0 Å². The van der Waals surface area contributed by atoms with E-state index in [1.165, 1.54) is 0 Å². The maximum atomic E-state index is 11.3. The predicted octanol–water partition coefficient (Wildman–Crippen LogP) is 2.92. The summed E-state index contributed by atoms with van der Waals surface area (Å²) < 4.78 is 1.87. The van der Waals surface area contributed by atoms with Crippen LogP contribution in [0.1, 0.15) is 44.6 Å². The summed E-state index contributed by atoms with van der Waals surface area (Å²) in [6.07, 6.45) is 1.62. The first kappa shape index (κ1) is 14.1. The minimum absolute atomic E-state index is 0.274. The zero-order valence-corrected chi connectivity index (χ0v) is 11.6. The second-order valence-corrected chi connectivity index (χ2v) is 4.72. The Morgan fingerprint density at radius 1 is 1.30 bits per heavy atom. The van der Waals surface area contributed by atoms with Gasteiger partial charge in [0, 0.05) is 12.2 Å². The molecule has 2 aromatic rings. The number of carbonyl (C=O) groups excluding carboxylic acids is 1. The first-order valence-corrected chi connectivity index (χ1v) is 6.53. The fourth-order valence-corrected chi connectivity index (χ4v) is 2.44. The average Bonchev–Trinajstić information content (AvgIpc) is 2.75. The van der Waals surface area contributed by atoms with Crippen molar-refractivity contribution >= 4 is 12.3 Å². The molecule has 20 heavy (non-hydrogen) atoms. The van der Waals surface area contributed by atoms with Crippen molar-refractivity contribution in [2.24, 2.45) is 0 Å². The maximum Gasteiger partial charge on any atom is 0.336 e. The third-order valence-electron chi connectivity index (χ3n) is 3.50. The van der Waals surface area contributed by atoms with Gasteiger partial charge in [0.2, 0.25) is 0 Å². The summed E-state index contributed by atoms with van der Waals surface area (Å²) in [5.74, 6) is -0.950. The number of carboxylic acids is 1. The molecule has 0 spiro atoms. The van der Waals surface area contributed by atoms with Crippen LogP contribution >= 0.6 is 0 Å². The molecule has 0 aliphatic rings. The van der Waals surface area contributed by atoms with Crippen molar-refractivity contribution in [1.29, 1.82) is 0 Å². The second-order valence-electron chi connectivity index (χ2n) is 4.72. The molecule has 2 rings (SSSR count). The molecule has 1 aromatic carbocycles. The fraction of sp³-hybridized carbons (Fsp3) is 0.250. The molecule has 0 aliphatic heterocycles. The molecular weight excluding hydrogens is 254 g/mol. The van der Waals surface area contributed by atoms with E-state index in [0.29, 0.717) is 17.8 Å². The smallest absolute Gasteiger partial charge is 0.336 e. The van der Waals surface area contributed by atoms with Crippen LogP contribution in [0.3, 0.4) is 0 Å². The highest BCUT2D eigenvalue weighted by Gasteiger charge is 2.14. The predicted molar refractivity (Wildman–Crippen MR) is 76.4 cm³/mol. The Bertz CT molecular complexity index is 656. The first-order valence-electron chi connectivity index (χ1n) is 6.53. The van der Waals surface area contributed by atoms with Crippen LogP contribution in [0.4, 0.5) is 0 Å². The van der Waals surface area contributed by atoms with E-state index in [-0.39, 0.29) is 5.56 Å². The number of aryl methyl sites for hydroxylation is 2. The number of carboxylic acid groups (broad SMARTS) is 1. The number of benzene rings is 1. The van der Waals surface area contributed by atoms with Crippen molar-refractivity contribution in [3.05, 3.63) is 58.4 Å². The van der Waals surface area contributed by atoms with Gasteiger partial charge < -0.3 is 9.67 Å². The lowest BCUT2D eigenvalue weighted by Crippen LogP contribution is -2.10. The third-order valence-corrected chi connectivity index (χ3v) is 3.50. The van der Waals surface area contributed by atoms with Crippen molar-refractivity contribution in [3.63, 3.8) is 0 Å². The van der Waals surface area contributed by atoms with Crippen LogP contribution in [0, 0.1) is 6.92 Å². The molecule has 0 unspecified atom stereocenters. The summed E-state index contributed by atoms with van der Waals surface area (Å²) in [5.41, 5.74) is 3.56. The van der Waals surface area contributed by atoms with Crippen molar-refractivity contribution in [1.82, 2.24) is 4.57 Å². The molecule has 1 N–H and O–H groups in total. The minimum Gasteiger partial charge on any atom is -0.478 e. The molecule has 0 fully saturated rings. The SMILES string of the molecule is CCc1cc(C)n(Cc2ccccc2C(=O)O)c1C=O. The van der Waals surface area contributed by atoms with Gasteiger partial charge in [-0.2, -0.15) is 0 Å². The Labute approximate surface area is 117 Å². The highest BCUT2D eigenvalue weighted by Crippen LogP contribution is 2.19. The summed E-state index contributed by atoms with van der Waals surface area (Å²) >= 11 is 0. The highest BCUT2D eigenvalue weighted by atomic mass is 16.4. The number of hydrogen-bond acceptors (Lipinski definition) is 2. The van der Waals surface area contributed by atoms with Gasteiger partial charge in [0.15, 0.2) is 6.29 Å². The Morgan fingerprint density at radius 2 is 2.00 bits per heavy atom. The number of aromatic carboxylic acids is 1. The van der Waals surface area contributed by atoms with E-state index < -0.39 is 5.97 Å². The van der Waals surface area contributed by atoms with Gasteiger partial charge in [-0.1, -0.05) is 25.1 Å². The number of rotatable bonds is 5. The molecule has 0 bridgehead atoms. The Kier molecular flexibility index (Phi) is 4.03. The average molecular weight is 271 g/mol. The Morgan fingerprint density at radius 3 is 2.60 bits per heavy atom. The summed E-state index contributed by atoms with van der Waals surface area (Å²) in [6, 6.07) is 8.85. The van der Waals surface area contributed by atoms with Gasteiger partial charge in [-0.15, -0.1) is 0 Å². The summed E-state index contributed by atoms with van der Waals surface area (Å²) in [6.45, 7) is 4.31. The van der Waals surface area contributed by atoms with Gasteiger partial charge in [0.05, 0.1) is 11.3 Å². The van der Waals surface area contributed by atoms with Gasteiger partial charge in [-0.05, 0) is 36.6 Å². The lowest BCUT2D eigenvalue weighted by molar-refractivity contribution is 0.0695. The molecule has 0 radical (unpaired) electrons. The summed E-state index contributed by atoms with van der Waals surface area (Å²) in [7, 11) is 0. The van der Waals surface area contributed by atoms with Crippen molar-refractivity contribution in [2.45, 2.75) is 26.8 Å². The largest absolute Gasteiger partial charge is 0.478 e. The molecular formula is C16H17NO3. The number of hydrogen-bond donors (Lipinski definition) is 1. The zero-order chi connectivity index (χ0) is 14.7. The lowest BCUT2D eigenvalue weighted by Gasteiger charge is -2.11. The Hall–Kier alpha value is -2.36. The van der Waals surface area contributed by atoms with Gasteiger partial charge in [-0.3, -0.25) is 4.79 Å². The third kappa shape index (κ3) is 2.50. The molecule has 1 aromatic heterocycles. The number of nitrogens with zero attached hydrogens (tertiary/aromatic N) is 1. The van der Waals surface area contributed by atoms with Gasteiger partial charge in [0.1, 0.15) is 0 Å². The van der Waals surface area contributed by atoms with E-state index >= 15 is 0 Å². The molecule has 0 saturated heterocycles. The summed E-state index contributed by atoms with van der Waals surface area (Å²) in [4.78, 5) is 22.5. The highest BCUT2D eigenvalue weighted by molar-refractivity contribution is 5.89. The zero-order valence-electron chi connectivity index (χ0n) is 11.6. The topological polar surface area (TPSA) is 59.3 Å². The quantitative estimate of drug-likeness (QED) is 0.851. The molecule has 1 heterocycles. The van der Waals surface area contributed by atoms with Crippen molar-refractivity contribution < 1.29 is 14.7 Å². The molecule has 4 nitrogen and oxygen atoms in total. The van der Waals surface area contributed by atoms with E-state index in [0.717, 1.165) is 24.0 Å². The first-order chi connectivity index (χ1) is 9.58. The van der Waals surface area contributed by atoms with Crippen LogP contribution in [-0.4, -0.2) is 21.9 Å². The number of carbonyl (C=O) groups is 2. The minimum atomic E-state index is -0.950. The van der Waals surface area contributed by atoms with Crippen LogP contribution in [0.15, 0.2) is 30.3 Å². The van der Waals surface area contributed by atoms with Crippen LogP contribution in [0.2, 0.25) is 0 Å². The van der Waals surface area contributed by atoms with Crippen molar-refractivity contribution in [2.75, 3.05) is 0 Å². The van der Waals surface area contributed by atoms with E-state index in [2.05, 4.69) is 0 Å².